The molecule has 2 N–H and O–H groups in total. The smallest absolute Gasteiger partial charge is 0.255 e. The first kappa shape index (κ1) is 27.3. The van der Waals surface area contributed by atoms with Crippen LogP contribution in [-0.2, 0) is 11.2 Å². The molecule has 2 aliphatic heterocycles. The molecule has 10 heteroatoms. The van der Waals surface area contributed by atoms with Gasteiger partial charge in [0.1, 0.15) is 11.6 Å². The van der Waals surface area contributed by atoms with E-state index in [1.165, 1.54) is 0 Å². The van der Waals surface area contributed by atoms with E-state index in [2.05, 4.69) is 10.6 Å². The number of benzene rings is 3. The Hall–Kier alpha value is -4.31. The highest BCUT2D eigenvalue weighted by Crippen LogP contribution is 2.30. The van der Waals surface area contributed by atoms with E-state index in [0.717, 1.165) is 17.7 Å². The predicted molar refractivity (Wildman–Crippen MR) is 148 cm³/mol. The number of nitrogens with one attached hydrogen (secondary N) is 2. The maximum Gasteiger partial charge on any atom is 0.255 e. The van der Waals surface area contributed by atoms with Crippen LogP contribution in [0.15, 0.2) is 66.7 Å². The maximum absolute atomic E-state index is 13.8. The molecule has 3 amide bonds. The Kier molecular flexibility index (Phi) is 8.35. The van der Waals surface area contributed by atoms with Crippen LogP contribution >= 0.6 is 0 Å². The first-order chi connectivity index (χ1) is 19.4. The lowest BCUT2D eigenvalue weighted by Gasteiger charge is -2.37. The lowest BCUT2D eigenvalue weighted by molar-refractivity contribution is -0.130. The van der Waals surface area contributed by atoms with Gasteiger partial charge in [-0.3, -0.25) is 14.4 Å². The highest BCUT2D eigenvalue weighted by molar-refractivity contribution is 6.07. The molecule has 5 rings (SSSR count). The second-order valence-electron chi connectivity index (χ2n) is 9.92. The van der Waals surface area contributed by atoms with Crippen LogP contribution in [0.5, 0.6) is 0 Å². The Morgan fingerprint density at radius 2 is 1.43 bits per heavy atom. The maximum atomic E-state index is 13.8. The third kappa shape index (κ3) is 6.45. The van der Waals surface area contributed by atoms with Crippen LogP contribution in [0.3, 0.4) is 0 Å². The van der Waals surface area contributed by atoms with Gasteiger partial charge in [-0.05, 0) is 35.9 Å². The van der Waals surface area contributed by atoms with Crippen LogP contribution in [0.4, 0.5) is 20.2 Å². The van der Waals surface area contributed by atoms with Crippen LogP contribution in [0, 0.1) is 11.6 Å². The molecule has 0 unspecified atom stereocenters. The molecule has 0 aromatic heterocycles. The minimum Gasteiger partial charge on any atom is -0.366 e. The Morgan fingerprint density at radius 1 is 0.750 bits per heavy atom. The number of rotatable bonds is 6. The molecule has 2 saturated heterocycles. The fourth-order valence-electron chi connectivity index (χ4n) is 5.05. The second kappa shape index (κ2) is 12.3. The van der Waals surface area contributed by atoms with E-state index in [0.29, 0.717) is 81.8 Å². The van der Waals surface area contributed by atoms with Crippen LogP contribution < -0.4 is 15.5 Å². The number of anilines is 2. The van der Waals surface area contributed by atoms with Gasteiger partial charge >= 0.3 is 0 Å². The Labute approximate surface area is 231 Å². The van der Waals surface area contributed by atoms with Gasteiger partial charge in [0.15, 0.2) is 0 Å². The average molecular weight is 548 g/mol. The fraction of sp³-hybridized carbons (Fsp3) is 0.300. The average Bonchev–Trinajstić information content (AvgIpc) is 2.97. The van der Waals surface area contributed by atoms with Crippen LogP contribution in [-0.4, -0.2) is 79.9 Å². The minimum absolute atomic E-state index is 0.0458. The summed E-state index contributed by atoms with van der Waals surface area (Å²) in [4.78, 5) is 44.7. The number of halogens is 2. The summed E-state index contributed by atoms with van der Waals surface area (Å²) in [7, 11) is 0. The summed E-state index contributed by atoms with van der Waals surface area (Å²) in [6, 6.07) is 17.3. The molecule has 2 heterocycles. The van der Waals surface area contributed by atoms with E-state index in [-0.39, 0.29) is 17.4 Å². The van der Waals surface area contributed by atoms with E-state index in [1.54, 1.807) is 23.1 Å². The highest BCUT2D eigenvalue weighted by Gasteiger charge is 2.25. The van der Waals surface area contributed by atoms with Crippen molar-refractivity contribution in [2.24, 2.45) is 0 Å². The van der Waals surface area contributed by atoms with Crippen LogP contribution in [0.2, 0.25) is 0 Å². The summed E-state index contributed by atoms with van der Waals surface area (Å²) in [6.45, 7) is 4.57. The largest absolute Gasteiger partial charge is 0.366 e. The zero-order valence-corrected chi connectivity index (χ0v) is 22.0. The molecule has 0 saturated carbocycles. The molecular weight excluding hydrogens is 516 g/mol. The summed E-state index contributed by atoms with van der Waals surface area (Å²) in [6.07, 6.45) is 0.329. The Morgan fingerprint density at radius 3 is 2.10 bits per heavy atom. The van der Waals surface area contributed by atoms with Crippen molar-refractivity contribution in [3.63, 3.8) is 0 Å². The standard InChI is InChI=1S/C30H31F2N5O3/c31-24-17-23(18-25(32)20-24)29(39)34-26-19-22(30(40)37-10-8-33-9-11-37)6-7-27(26)35-12-14-36(15-13-35)28(38)16-21-4-2-1-3-5-21/h1-7,17-20,33H,8-16H2,(H,34,39). The molecular formula is C30H31F2N5O3. The van der Waals surface area contributed by atoms with Gasteiger partial charge in [-0.15, -0.1) is 0 Å². The molecule has 8 nitrogen and oxygen atoms in total. The number of carbonyl (C=O) groups is 3. The van der Waals surface area contributed by atoms with Gasteiger partial charge in [0.25, 0.3) is 11.8 Å². The van der Waals surface area contributed by atoms with Crippen molar-refractivity contribution in [3.05, 3.63) is 95.1 Å². The third-order valence-corrected chi connectivity index (χ3v) is 7.19. The molecule has 2 aliphatic rings. The van der Waals surface area contributed by atoms with Gasteiger partial charge in [-0.1, -0.05) is 30.3 Å². The highest BCUT2D eigenvalue weighted by atomic mass is 19.1. The second-order valence-corrected chi connectivity index (χ2v) is 9.92. The molecule has 208 valence electrons. The molecule has 0 aliphatic carbocycles. The summed E-state index contributed by atoms with van der Waals surface area (Å²) >= 11 is 0. The minimum atomic E-state index is -0.857. The van der Waals surface area contributed by atoms with Gasteiger partial charge in [0, 0.05) is 69.6 Å². The van der Waals surface area contributed by atoms with E-state index >= 15 is 0 Å². The van der Waals surface area contributed by atoms with Crippen molar-refractivity contribution in [1.29, 1.82) is 0 Å². The molecule has 0 radical (unpaired) electrons. The molecule has 3 aromatic carbocycles. The first-order valence-electron chi connectivity index (χ1n) is 13.4. The van der Waals surface area contributed by atoms with Crippen molar-refractivity contribution in [3.8, 4) is 0 Å². The normalized spacial score (nSPS) is 15.6. The molecule has 40 heavy (non-hydrogen) atoms. The molecule has 2 fully saturated rings. The number of piperazine rings is 2. The molecule has 3 aromatic rings. The number of hydrogen-bond donors (Lipinski definition) is 2. The molecule has 0 bridgehead atoms. The van der Waals surface area contributed by atoms with Gasteiger partial charge in [0.05, 0.1) is 17.8 Å². The lowest BCUT2D eigenvalue weighted by atomic mass is 10.1. The van der Waals surface area contributed by atoms with E-state index < -0.39 is 17.5 Å². The van der Waals surface area contributed by atoms with Crippen LogP contribution in [0.25, 0.3) is 0 Å². The zero-order valence-electron chi connectivity index (χ0n) is 22.0. The Bertz CT molecular complexity index is 1370. The molecule has 0 spiro atoms. The molecule has 0 atom stereocenters. The van der Waals surface area contributed by atoms with Crippen molar-refractivity contribution in [2.45, 2.75) is 6.42 Å². The van der Waals surface area contributed by atoms with Gasteiger partial charge in [-0.25, -0.2) is 8.78 Å². The van der Waals surface area contributed by atoms with E-state index in [9.17, 15) is 23.2 Å². The van der Waals surface area contributed by atoms with Crippen molar-refractivity contribution < 1.29 is 23.2 Å². The topological polar surface area (TPSA) is 85.0 Å². The van der Waals surface area contributed by atoms with Gasteiger partial charge < -0.3 is 25.3 Å². The quantitative estimate of drug-likeness (QED) is 0.496. The summed E-state index contributed by atoms with van der Waals surface area (Å²) < 4.78 is 27.6. The van der Waals surface area contributed by atoms with Gasteiger partial charge in [0.2, 0.25) is 5.91 Å². The number of nitrogens with zero attached hydrogens (tertiary/aromatic N) is 3. The van der Waals surface area contributed by atoms with E-state index in [4.69, 9.17) is 0 Å². The van der Waals surface area contributed by atoms with Crippen molar-refractivity contribution in [2.75, 3.05) is 62.6 Å². The number of amides is 3. The van der Waals surface area contributed by atoms with Gasteiger partial charge in [-0.2, -0.15) is 0 Å². The SMILES string of the molecule is O=C(Nc1cc(C(=O)N2CCNCC2)ccc1N1CCN(C(=O)Cc2ccccc2)CC1)c1cc(F)cc(F)c1. The summed E-state index contributed by atoms with van der Waals surface area (Å²) in [5, 5.41) is 5.98. The summed E-state index contributed by atoms with van der Waals surface area (Å²) in [5.74, 6) is -2.52. The first-order valence-corrected chi connectivity index (χ1v) is 13.4. The van der Waals surface area contributed by atoms with E-state index in [1.807, 2.05) is 40.1 Å². The monoisotopic (exact) mass is 547 g/mol. The van der Waals surface area contributed by atoms with Crippen molar-refractivity contribution in [1.82, 2.24) is 15.1 Å². The van der Waals surface area contributed by atoms with Crippen molar-refractivity contribution >= 4 is 29.1 Å². The summed E-state index contributed by atoms with van der Waals surface area (Å²) in [5.41, 5.74) is 2.22. The van der Waals surface area contributed by atoms with Crippen LogP contribution in [0.1, 0.15) is 26.3 Å². The fourth-order valence-corrected chi connectivity index (χ4v) is 5.05. The Balaban J connectivity index is 1.35. The lowest BCUT2D eigenvalue weighted by Crippen LogP contribution is -2.49. The number of carbonyl (C=O) groups excluding carboxylic acids is 3. The third-order valence-electron chi connectivity index (χ3n) is 7.19. The number of hydrogen-bond acceptors (Lipinski definition) is 5. The predicted octanol–water partition coefficient (Wildman–Crippen LogP) is 3.15. The zero-order chi connectivity index (χ0) is 28.1.